The van der Waals surface area contributed by atoms with Gasteiger partial charge in [-0.1, -0.05) is 39.8 Å². The van der Waals surface area contributed by atoms with Crippen molar-refractivity contribution in [3.05, 3.63) is 29.8 Å². The molecule has 0 amide bonds. The minimum absolute atomic E-state index is 0.175. The fourth-order valence-corrected chi connectivity index (χ4v) is 1.45. The van der Waals surface area contributed by atoms with Gasteiger partial charge in [-0.2, -0.15) is 12.6 Å². The first kappa shape index (κ1) is 13.4. The van der Waals surface area contributed by atoms with Gasteiger partial charge in [0.1, 0.15) is 5.75 Å². The van der Waals surface area contributed by atoms with E-state index in [1.165, 1.54) is 5.56 Å². The second-order valence-electron chi connectivity index (χ2n) is 5.38. The Morgan fingerprint density at radius 3 is 2.56 bits per heavy atom. The van der Waals surface area contributed by atoms with Crippen molar-refractivity contribution in [2.24, 2.45) is 5.92 Å². The molecule has 0 aliphatic carbocycles. The summed E-state index contributed by atoms with van der Waals surface area (Å²) in [6.45, 7) is 9.51. The molecule has 1 unspecified atom stereocenters. The van der Waals surface area contributed by atoms with Gasteiger partial charge in [0.2, 0.25) is 0 Å². The van der Waals surface area contributed by atoms with Crippen LogP contribution < -0.4 is 4.74 Å². The average molecular weight is 238 g/mol. The molecule has 1 aromatic carbocycles. The van der Waals surface area contributed by atoms with Crippen LogP contribution in [0.5, 0.6) is 5.75 Å². The van der Waals surface area contributed by atoms with Crippen molar-refractivity contribution >= 4 is 12.6 Å². The van der Waals surface area contributed by atoms with E-state index in [1.807, 2.05) is 6.07 Å². The molecule has 0 saturated heterocycles. The van der Waals surface area contributed by atoms with E-state index in [2.05, 4.69) is 58.5 Å². The third-order valence-electron chi connectivity index (χ3n) is 2.55. The van der Waals surface area contributed by atoms with Crippen molar-refractivity contribution in [1.29, 1.82) is 0 Å². The van der Waals surface area contributed by atoms with E-state index in [0.29, 0.717) is 5.92 Å². The number of hydrogen-bond donors (Lipinski definition) is 1. The van der Waals surface area contributed by atoms with Crippen LogP contribution in [0.3, 0.4) is 0 Å². The SMILES string of the molecule is CC(CS)COc1cccc(C(C)(C)C)c1. The summed E-state index contributed by atoms with van der Waals surface area (Å²) in [7, 11) is 0. The van der Waals surface area contributed by atoms with E-state index in [0.717, 1.165) is 18.1 Å². The number of rotatable bonds is 4. The predicted octanol–water partition coefficient (Wildman–Crippen LogP) is 3.93. The highest BCUT2D eigenvalue weighted by molar-refractivity contribution is 7.80. The Kier molecular flexibility index (Phi) is 4.72. The third kappa shape index (κ3) is 4.09. The third-order valence-corrected chi connectivity index (χ3v) is 3.17. The van der Waals surface area contributed by atoms with Crippen molar-refractivity contribution < 1.29 is 4.74 Å². The van der Waals surface area contributed by atoms with E-state index in [9.17, 15) is 0 Å². The maximum atomic E-state index is 5.75. The highest BCUT2D eigenvalue weighted by atomic mass is 32.1. The Labute approximate surface area is 105 Å². The first-order valence-electron chi connectivity index (χ1n) is 5.77. The summed E-state index contributed by atoms with van der Waals surface area (Å²) in [5, 5.41) is 0. The number of thiol groups is 1. The topological polar surface area (TPSA) is 9.23 Å². The Hall–Kier alpha value is -0.630. The second kappa shape index (κ2) is 5.62. The predicted molar refractivity (Wildman–Crippen MR) is 73.7 cm³/mol. The number of hydrogen-bond acceptors (Lipinski definition) is 2. The maximum Gasteiger partial charge on any atom is 0.119 e. The zero-order valence-electron chi connectivity index (χ0n) is 10.7. The molecular formula is C14H22OS. The van der Waals surface area contributed by atoms with E-state index >= 15 is 0 Å². The standard InChI is InChI=1S/C14H22OS/c1-11(10-16)9-15-13-7-5-6-12(8-13)14(2,3)4/h5-8,11,16H,9-10H2,1-4H3. The first-order chi connectivity index (χ1) is 7.43. The molecule has 0 bridgehead atoms. The van der Waals surface area contributed by atoms with Gasteiger partial charge < -0.3 is 4.74 Å². The molecule has 0 fully saturated rings. The van der Waals surface area contributed by atoms with Crippen LogP contribution in [-0.2, 0) is 5.41 Å². The lowest BCUT2D eigenvalue weighted by Crippen LogP contribution is -2.12. The number of ether oxygens (including phenoxy) is 1. The fourth-order valence-electron chi connectivity index (χ4n) is 1.34. The molecule has 0 spiro atoms. The van der Waals surface area contributed by atoms with Crippen molar-refractivity contribution in [2.75, 3.05) is 12.4 Å². The van der Waals surface area contributed by atoms with Gasteiger partial charge >= 0.3 is 0 Å². The van der Waals surface area contributed by atoms with Crippen LogP contribution in [0.4, 0.5) is 0 Å². The molecule has 1 rings (SSSR count). The first-order valence-corrected chi connectivity index (χ1v) is 6.41. The summed E-state index contributed by atoms with van der Waals surface area (Å²) in [5.41, 5.74) is 1.48. The molecule has 0 saturated carbocycles. The molecule has 2 heteroatoms. The summed E-state index contributed by atoms with van der Waals surface area (Å²) in [6.07, 6.45) is 0. The minimum Gasteiger partial charge on any atom is -0.493 e. The summed E-state index contributed by atoms with van der Waals surface area (Å²) < 4.78 is 5.75. The van der Waals surface area contributed by atoms with Crippen LogP contribution >= 0.6 is 12.6 Å². The molecule has 0 radical (unpaired) electrons. The van der Waals surface area contributed by atoms with Gasteiger partial charge in [-0.25, -0.2) is 0 Å². The van der Waals surface area contributed by atoms with Gasteiger partial charge in [0, 0.05) is 0 Å². The fraction of sp³-hybridized carbons (Fsp3) is 0.571. The van der Waals surface area contributed by atoms with E-state index in [1.54, 1.807) is 0 Å². The molecule has 0 aromatic heterocycles. The van der Waals surface area contributed by atoms with Gasteiger partial charge in [0.25, 0.3) is 0 Å². The van der Waals surface area contributed by atoms with Crippen molar-refractivity contribution in [2.45, 2.75) is 33.1 Å². The van der Waals surface area contributed by atoms with Crippen molar-refractivity contribution in [3.63, 3.8) is 0 Å². The Balaban J connectivity index is 2.68. The summed E-state index contributed by atoms with van der Waals surface area (Å²) >= 11 is 4.25. The average Bonchev–Trinajstić information content (AvgIpc) is 2.25. The Bertz CT molecular complexity index is 328. The molecule has 1 atom stereocenters. The molecule has 0 aliphatic rings. The molecule has 16 heavy (non-hydrogen) atoms. The minimum atomic E-state index is 0.175. The van der Waals surface area contributed by atoms with Crippen LogP contribution in [-0.4, -0.2) is 12.4 Å². The monoisotopic (exact) mass is 238 g/mol. The normalized spacial score (nSPS) is 13.6. The van der Waals surface area contributed by atoms with Crippen LogP contribution in [0.1, 0.15) is 33.3 Å². The highest BCUT2D eigenvalue weighted by Gasteiger charge is 2.13. The number of benzene rings is 1. The van der Waals surface area contributed by atoms with Gasteiger partial charge in [-0.05, 0) is 34.8 Å². The van der Waals surface area contributed by atoms with Crippen LogP contribution in [0.2, 0.25) is 0 Å². The lowest BCUT2D eigenvalue weighted by atomic mass is 9.87. The Morgan fingerprint density at radius 2 is 2.00 bits per heavy atom. The molecule has 0 heterocycles. The van der Waals surface area contributed by atoms with Gasteiger partial charge in [0.15, 0.2) is 0 Å². The van der Waals surface area contributed by atoms with E-state index in [-0.39, 0.29) is 5.41 Å². The summed E-state index contributed by atoms with van der Waals surface area (Å²) in [5.74, 6) is 2.31. The van der Waals surface area contributed by atoms with Crippen molar-refractivity contribution in [3.8, 4) is 5.75 Å². The molecular weight excluding hydrogens is 216 g/mol. The van der Waals surface area contributed by atoms with E-state index in [4.69, 9.17) is 4.74 Å². The van der Waals surface area contributed by atoms with Gasteiger partial charge in [-0.3, -0.25) is 0 Å². The smallest absolute Gasteiger partial charge is 0.119 e. The largest absolute Gasteiger partial charge is 0.493 e. The van der Waals surface area contributed by atoms with Gasteiger partial charge in [0.05, 0.1) is 6.61 Å². The second-order valence-corrected chi connectivity index (χ2v) is 5.74. The summed E-state index contributed by atoms with van der Waals surface area (Å²) in [6, 6.07) is 8.35. The molecule has 0 N–H and O–H groups in total. The molecule has 1 nitrogen and oxygen atoms in total. The van der Waals surface area contributed by atoms with Crippen LogP contribution in [0.25, 0.3) is 0 Å². The zero-order valence-corrected chi connectivity index (χ0v) is 11.6. The van der Waals surface area contributed by atoms with Crippen molar-refractivity contribution in [1.82, 2.24) is 0 Å². The Morgan fingerprint density at radius 1 is 1.31 bits per heavy atom. The highest BCUT2D eigenvalue weighted by Crippen LogP contribution is 2.25. The molecule has 1 aromatic rings. The lowest BCUT2D eigenvalue weighted by Gasteiger charge is -2.20. The van der Waals surface area contributed by atoms with Crippen LogP contribution in [0, 0.1) is 5.92 Å². The van der Waals surface area contributed by atoms with Crippen LogP contribution in [0.15, 0.2) is 24.3 Å². The molecule has 0 aliphatic heterocycles. The van der Waals surface area contributed by atoms with E-state index < -0.39 is 0 Å². The van der Waals surface area contributed by atoms with Gasteiger partial charge in [-0.15, -0.1) is 0 Å². The maximum absolute atomic E-state index is 5.75. The molecule has 90 valence electrons. The quantitative estimate of drug-likeness (QED) is 0.782. The summed E-state index contributed by atoms with van der Waals surface area (Å²) in [4.78, 5) is 0. The zero-order chi connectivity index (χ0) is 12.2. The lowest BCUT2D eigenvalue weighted by molar-refractivity contribution is 0.273.